The Morgan fingerprint density at radius 3 is 2.42 bits per heavy atom. The molecule has 1 unspecified atom stereocenters. The average molecular weight is 371 g/mol. The van der Waals surface area contributed by atoms with E-state index in [4.69, 9.17) is 4.74 Å². The van der Waals surface area contributed by atoms with Gasteiger partial charge in [0.25, 0.3) is 0 Å². The summed E-state index contributed by atoms with van der Waals surface area (Å²) in [6.07, 6.45) is 0.210. The van der Waals surface area contributed by atoms with Gasteiger partial charge >= 0.3 is 0 Å². The van der Waals surface area contributed by atoms with Crippen molar-refractivity contribution in [3.05, 3.63) is 53.6 Å². The van der Waals surface area contributed by atoms with Gasteiger partial charge in [-0.15, -0.1) is 0 Å². The lowest BCUT2D eigenvalue weighted by Crippen LogP contribution is -2.50. The fourth-order valence-electron chi connectivity index (χ4n) is 3.51. The molecule has 1 atom stereocenters. The third-order valence-corrected chi connectivity index (χ3v) is 6.24. The van der Waals surface area contributed by atoms with E-state index in [-0.39, 0.29) is 6.23 Å². The van der Waals surface area contributed by atoms with Crippen LogP contribution in [0.1, 0.15) is 25.0 Å². The summed E-state index contributed by atoms with van der Waals surface area (Å²) in [6, 6.07) is 15.5. The monoisotopic (exact) mass is 370 g/mol. The van der Waals surface area contributed by atoms with Gasteiger partial charge in [0, 0.05) is 42.6 Å². The molecule has 0 bridgehead atoms. The predicted molar refractivity (Wildman–Crippen MR) is 111 cm³/mol. The molecule has 1 heterocycles. The smallest absolute Gasteiger partial charge is 0.107 e. The molecule has 0 radical (unpaired) electrons. The zero-order chi connectivity index (χ0) is 18.5. The maximum Gasteiger partial charge on any atom is 0.107 e. The van der Waals surface area contributed by atoms with E-state index in [1.807, 2.05) is 11.8 Å². The first kappa shape index (κ1) is 19.3. The van der Waals surface area contributed by atoms with Crippen LogP contribution in [-0.4, -0.2) is 43.9 Å². The molecule has 2 aromatic carbocycles. The minimum atomic E-state index is 0.210. The second-order valence-corrected chi connectivity index (χ2v) is 8.00. The summed E-state index contributed by atoms with van der Waals surface area (Å²) in [5.41, 5.74) is 4.01. The molecular weight excluding hydrogens is 340 g/mol. The Morgan fingerprint density at radius 1 is 1.00 bits per heavy atom. The summed E-state index contributed by atoms with van der Waals surface area (Å²) in [5.74, 6) is 0. The van der Waals surface area contributed by atoms with Gasteiger partial charge in [0.05, 0.1) is 5.69 Å². The summed E-state index contributed by atoms with van der Waals surface area (Å²) >= 11 is 1.88. The van der Waals surface area contributed by atoms with Crippen LogP contribution in [-0.2, 0) is 4.74 Å². The first-order valence-electron chi connectivity index (χ1n) is 9.53. The molecule has 2 aromatic rings. The lowest BCUT2D eigenvalue weighted by atomic mass is 10.2. The molecule has 0 amide bonds. The van der Waals surface area contributed by atoms with Gasteiger partial charge in [-0.1, -0.05) is 41.6 Å². The maximum absolute atomic E-state index is 5.75. The van der Waals surface area contributed by atoms with Gasteiger partial charge < -0.3 is 9.64 Å². The molecule has 3 rings (SSSR count). The highest BCUT2D eigenvalue weighted by atomic mass is 32.2. The number of nitrogens with zero attached hydrogens (tertiary/aromatic N) is 2. The Labute approximate surface area is 162 Å². The SMILES string of the molecule is CCOC(C)N1CCN(c2ccccc2Sc2ccc(C)cc2C)CC1. The second kappa shape index (κ2) is 8.94. The Bertz CT molecular complexity index is 726. The summed E-state index contributed by atoms with van der Waals surface area (Å²) in [4.78, 5) is 7.62. The van der Waals surface area contributed by atoms with E-state index in [1.165, 1.54) is 26.6 Å². The molecular formula is C22H30N2OS. The van der Waals surface area contributed by atoms with Gasteiger partial charge in [-0.2, -0.15) is 0 Å². The lowest BCUT2D eigenvalue weighted by Gasteiger charge is -2.39. The van der Waals surface area contributed by atoms with Crippen molar-refractivity contribution in [3.63, 3.8) is 0 Å². The quantitative estimate of drug-likeness (QED) is 0.714. The molecule has 1 saturated heterocycles. The minimum absolute atomic E-state index is 0.210. The van der Waals surface area contributed by atoms with Gasteiger partial charge in [0.2, 0.25) is 0 Å². The van der Waals surface area contributed by atoms with Gasteiger partial charge in [-0.05, 0) is 51.5 Å². The van der Waals surface area contributed by atoms with E-state index in [0.717, 1.165) is 32.8 Å². The highest BCUT2D eigenvalue weighted by Gasteiger charge is 2.22. The van der Waals surface area contributed by atoms with Crippen LogP contribution in [0.25, 0.3) is 0 Å². The Balaban J connectivity index is 1.72. The van der Waals surface area contributed by atoms with Crippen molar-refractivity contribution in [1.29, 1.82) is 0 Å². The van der Waals surface area contributed by atoms with E-state index in [9.17, 15) is 0 Å². The zero-order valence-electron chi connectivity index (χ0n) is 16.4. The number of anilines is 1. The molecule has 0 spiro atoms. The summed E-state index contributed by atoms with van der Waals surface area (Å²) in [5, 5.41) is 0. The van der Waals surface area contributed by atoms with Crippen LogP contribution in [0.5, 0.6) is 0 Å². The Morgan fingerprint density at radius 2 is 1.73 bits per heavy atom. The molecule has 1 aliphatic rings. The summed E-state index contributed by atoms with van der Waals surface area (Å²) in [7, 11) is 0. The largest absolute Gasteiger partial charge is 0.368 e. The van der Waals surface area contributed by atoms with Gasteiger partial charge in [-0.3, -0.25) is 4.90 Å². The van der Waals surface area contributed by atoms with Crippen molar-refractivity contribution in [2.24, 2.45) is 0 Å². The van der Waals surface area contributed by atoms with Crippen molar-refractivity contribution in [3.8, 4) is 0 Å². The summed E-state index contributed by atoms with van der Waals surface area (Å²) < 4.78 is 5.75. The Hall–Kier alpha value is -1.49. The number of hydrogen-bond donors (Lipinski definition) is 0. The minimum Gasteiger partial charge on any atom is -0.368 e. The average Bonchev–Trinajstić information content (AvgIpc) is 2.65. The predicted octanol–water partition coefficient (Wildman–Crippen LogP) is 4.96. The third-order valence-electron chi connectivity index (χ3n) is 4.99. The molecule has 1 fully saturated rings. The normalized spacial score (nSPS) is 16.7. The van der Waals surface area contributed by atoms with Crippen molar-refractivity contribution < 1.29 is 4.74 Å². The number of para-hydroxylation sites is 1. The maximum atomic E-state index is 5.75. The number of piperazine rings is 1. The molecule has 3 nitrogen and oxygen atoms in total. The fourth-order valence-corrected chi connectivity index (χ4v) is 4.55. The number of hydrogen-bond acceptors (Lipinski definition) is 4. The first-order chi connectivity index (χ1) is 12.6. The Kier molecular flexibility index (Phi) is 6.63. The zero-order valence-corrected chi connectivity index (χ0v) is 17.2. The van der Waals surface area contributed by atoms with Crippen LogP contribution in [0.15, 0.2) is 52.3 Å². The fraction of sp³-hybridized carbons (Fsp3) is 0.455. The second-order valence-electron chi connectivity index (χ2n) is 6.92. The van der Waals surface area contributed by atoms with Crippen LogP contribution >= 0.6 is 11.8 Å². The topological polar surface area (TPSA) is 15.7 Å². The molecule has 0 aromatic heterocycles. The standard InChI is InChI=1S/C22H30N2OS/c1-5-25-19(4)23-12-14-24(15-13-23)20-8-6-7-9-22(20)26-21-11-10-17(2)16-18(21)3/h6-11,16,19H,5,12-15H2,1-4H3. The molecule has 0 aliphatic carbocycles. The number of aryl methyl sites for hydroxylation is 2. The van der Waals surface area contributed by atoms with E-state index in [2.05, 4.69) is 80.0 Å². The van der Waals surface area contributed by atoms with E-state index in [0.29, 0.717) is 0 Å². The highest BCUT2D eigenvalue weighted by Crippen LogP contribution is 2.37. The van der Waals surface area contributed by atoms with Crippen molar-refractivity contribution >= 4 is 17.4 Å². The molecule has 26 heavy (non-hydrogen) atoms. The van der Waals surface area contributed by atoms with Crippen molar-refractivity contribution in [2.45, 2.75) is 43.7 Å². The van der Waals surface area contributed by atoms with E-state index >= 15 is 0 Å². The van der Waals surface area contributed by atoms with Gasteiger partial charge in [0.15, 0.2) is 0 Å². The van der Waals surface area contributed by atoms with Crippen LogP contribution in [0.3, 0.4) is 0 Å². The first-order valence-corrected chi connectivity index (χ1v) is 10.3. The van der Waals surface area contributed by atoms with Crippen LogP contribution in [0.4, 0.5) is 5.69 Å². The molecule has 140 valence electrons. The number of ether oxygens (including phenoxy) is 1. The van der Waals surface area contributed by atoms with Crippen LogP contribution in [0, 0.1) is 13.8 Å². The molecule has 1 aliphatic heterocycles. The van der Waals surface area contributed by atoms with Crippen LogP contribution < -0.4 is 4.90 Å². The van der Waals surface area contributed by atoms with Gasteiger partial charge in [-0.25, -0.2) is 0 Å². The molecule has 4 heteroatoms. The van der Waals surface area contributed by atoms with Crippen LogP contribution in [0.2, 0.25) is 0 Å². The molecule has 0 saturated carbocycles. The van der Waals surface area contributed by atoms with Crippen molar-refractivity contribution in [1.82, 2.24) is 4.90 Å². The highest BCUT2D eigenvalue weighted by molar-refractivity contribution is 7.99. The van der Waals surface area contributed by atoms with E-state index < -0.39 is 0 Å². The number of rotatable bonds is 6. The van der Waals surface area contributed by atoms with E-state index in [1.54, 1.807) is 0 Å². The third kappa shape index (κ3) is 4.61. The molecule has 0 N–H and O–H groups in total. The lowest BCUT2D eigenvalue weighted by molar-refractivity contribution is -0.0440. The van der Waals surface area contributed by atoms with Crippen molar-refractivity contribution in [2.75, 3.05) is 37.7 Å². The number of benzene rings is 2. The van der Waals surface area contributed by atoms with Gasteiger partial charge in [0.1, 0.15) is 6.23 Å². The summed E-state index contributed by atoms with van der Waals surface area (Å²) in [6.45, 7) is 13.5.